The molecule has 0 unspecified atom stereocenters. The molecular formula is C20H16N4O5S2. The van der Waals surface area contributed by atoms with Crippen molar-refractivity contribution in [2.45, 2.75) is 0 Å². The van der Waals surface area contributed by atoms with Crippen molar-refractivity contribution in [3.63, 3.8) is 0 Å². The smallest absolute Gasteiger partial charge is 0.306 e. The van der Waals surface area contributed by atoms with Crippen LogP contribution < -0.4 is 8.92 Å². The number of amides is 1. The van der Waals surface area contributed by atoms with Gasteiger partial charge in [-0.1, -0.05) is 30.3 Å². The summed E-state index contributed by atoms with van der Waals surface area (Å²) < 4.78 is 32.9. The number of ether oxygens (including phenoxy) is 1. The van der Waals surface area contributed by atoms with Crippen LogP contribution in [0.2, 0.25) is 0 Å². The quantitative estimate of drug-likeness (QED) is 0.524. The molecule has 0 spiro atoms. The Labute approximate surface area is 182 Å². The summed E-state index contributed by atoms with van der Waals surface area (Å²) in [5.74, 6) is 0.181. The summed E-state index contributed by atoms with van der Waals surface area (Å²) >= 11 is 1.18. The lowest BCUT2D eigenvalue weighted by atomic mass is 10.1. The number of carbonyl (C=O) groups is 1. The molecule has 2 aliphatic rings. The van der Waals surface area contributed by atoms with Gasteiger partial charge in [-0.3, -0.25) is 10.2 Å². The van der Waals surface area contributed by atoms with Crippen LogP contribution in [0.5, 0.6) is 11.5 Å². The average Bonchev–Trinajstić information content (AvgIpc) is 3.13. The first-order chi connectivity index (χ1) is 14.8. The molecule has 0 saturated heterocycles. The van der Waals surface area contributed by atoms with Crippen LogP contribution in [0.15, 0.2) is 70.3 Å². The van der Waals surface area contributed by atoms with E-state index in [9.17, 15) is 13.2 Å². The maximum absolute atomic E-state index is 12.5. The van der Waals surface area contributed by atoms with Gasteiger partial charge in [0.25, 0.3) is 5.91 Å². The van der Waals surface area contributed by atoms with E-state index in [1.165, 1.54) is 35.0 Å². The number of hydrogen-bond acceptors (Lipinski definition) is 8. The number of benzene rings is 2. The maximum atomic E-state index is 12.5. The van der Waals surface area contributed by atoms with Gasteiger partial charge < -0.3 is 8.92 Å². The van der Waals surface area contributed by atoms with Crippen molar-refractivity contribution in [1.82, 2.24) is 5.01 Å². The normalized spacial score (nSPS) is 17.3. The highest BCUT2D eigenvalue weighted by molar-refractivity contribution is 8.27. The molecule has 11 heteroatoms. The van der Waals surface area contributed by atoms with E-state index >= 15 is 0 Å². The highest BCUT2D eigenvalue weighted by atomic mass is 32.2. The molecule has 2 aromatic rings. The molecule has 0 bridgehead atoms. The Morgan fingerprint density at radius 3 is 2.48 bits per heavy atom. The number of fused-ring (bicyclic) bond motifs is 1. The number of carbonyl (C=O) groups excluding carboxylic acids is 1. The lowest BCUT2D eigenvalue weighted by Gasteiger charge is -2.20. The standard InChI is InChI=1S/C20H16N4O5S2/c1-31(26,27)29-15-9-7-13(8-10-15)11-16-18(21)24-20(22-19(16)25)30-17(23-24)12-28-14-5-3-2-4-6-14/h2-11,21H,12H2,1H3. The Bertz CT molecular complexity index is 1240. The summed E-state index contributed by atoms with van der Waals surface area (Å²) in [5.41, 5.74) is 0.645. The van der Waals surface area contributed by atoms with Gasteiger partial charge in [0.05, 0.1) is 11.8 Å². The number of nitrogens with zero attached hydrogens (tertiary/aromatic N) is 3. The fraction of sp³-hybridized carbons (Fsp3) is 0.100. The van der Waals surface area contributed by atoms with Crippen molar-refractivity contribution >= 4 is 49.9 Å². The fourth-order valence-corrected chi connectivity index (χ4v) is 3.97. The SMILES string of the molecule is CS(=O)(=O)Oc1ccc(C=C2C(=N)N3N=C(COc4ccccc4)SC3=NC2=O)cc1. The van der Waals surface area contributed by atoms with Gasteiger partial charge in [0.2, 0.25) is 5.17 Å². The van der Waals surface area contributed by atoms with E-state index in [2.05, 4.69) is 10.1 Å². The number of amidine groups is 2. The van der Waals surface area contributed by atoms with Crippen LogP contribution in [0.4, 0.5) is 0 Å². The Morgan fingerprint density at radius 1 is 1.10 bits per heavy atom. The number of nitrogens with one attached hydrogen (secondary N) is 1. The van der Waals surface area contributed by atoms with Gasteiger partial charge in [0, 0.05) is 0 Å². The van der Waals surface area contributed by atoms with Crippen molar-refractivity contribution in [1.29, 1.82) is 5.41 Å². The van der Waals surface area contributed by atoms with Gasteiger partial charge in [-0.2, -0.15) is 23.5 Å². The van der Waals surface area contributed by atoms with E-state index in [0.717, 1.165) is 6.26 Å². The molecule has 31 heavy (non-hydrogen) atoms. The average molecular weight is 457 g/mol. The summed E-state index contributed by atoms with van der Waals surface area (Å²) in [5, 5.41) is 14.9. The Kier molecular flexibility index (Phi) is 5.61. The van der Waals surface area contributed by atoms with E-state index in [-0.39, 0.29) is 23.8 Å². The molecule has 0 fully saturated rings. The first kappa shape index (κ1) is 20.8. The van der Waals surface area contributed by atoms with Crippen LogP contribution in [0.3, 0.4) is 0 Å². The van der Waals surface area contributed by atoms with Gasteiger partial charge in [-0.05, 0) is 47.7 Å². The first-order valence-corrected chi connectivity index (χ1v) is 11.6. The summed E-state index contributed by atoms with van der Waals surface area (Å²) in [4.78, 5) is 16.5. The second-order valence-corrected chi connectivity index (χ2v) is 9.09. The zero-order valence-electron chi connectivity index (χ0n) is 16.2. The molecule has 0 radical (unpaired) electrons. The van der Waals surface area contributed by atoms with Crippen LogP contribution in [0.1, 0.15) is 5.56 Å². The number of rotatable bonds is 6. The van der Waals surface area contributed by atoms with Gasteiger partial charge in [-0.15, -0.1) is 0 Å². The van der Waals surface area contributed by atoms with Crippen LogP contribution in [-0.2, 0) is 14.9 Å². The summed E-state index contributed by atoms with van der Waals surface area (Å²) in [7, 11) is -3.63. The Balaban J connectivity index is 1.50. The molecule has 0 atom stereocenters. The van der Waals surface area contributed by atoms with E-state index in [1.807, 2.05) is 30.3 Å². The molecule has 158 valence electrons. The maximum Gasteiger partial charge on any atom is 0.306 e. The third kappa shape index (κ3) is 5.01. The van der Waals surface area contributed by atoms with Crippen LogP contribution in [0.25, 0.3) is 6.08 Å². The molecule has 4 rings (SSSR count). The van der Waals surface area contributed by atoms with Gasteiger partial charge in [0.1, 0.15) is 23.1 Å². The second-order valence-electron chi connectivity index (χ2n) is 6.47. The zero-order chi connectivity index (χ0) is 22.0. The van der Waals surface area contributed by atoms with Crippen LogP contribution in [0, 0.1) is 5.41 Å². The molecule has 0 saturated carbocycles. The topological polar surface area (TPSA) is 121 Å². The third-order valence-corrected chi connectivity index (χ3v) is 5.42. The third-order valence-electron chi connectivity index (χ3n) is 4.04. The highest BCUT2D eigenvalue weighted by Crippen LogP contribution is 2.29. The molecule has 2 aromatic carbocycles. The number of thioether (sulfide) groups is 1. The minimum absolute atomic E-state index is 0.0649. The highest BCUT2D eigenvalue weighted by Gasteiger charge is 2.35. The van der Waals surface area contributed by atoms with Crippen LogP contribution >= 0.6 is 11.8 Å². The molecular weight excluding hydrogens is 440 g/mol. The van der Waals surface area contributed by atoms with Crippen molar-refractivity contribution in [2.24, 2.45) is 10.1 Å². The van der Waals surface area contributed by atoms with E-state index in [4.69, 9.17) is 14.3 Å². The predicted molar refractivity (Wildman–Crippen MR) is 119 cm³/mol. The second kappa shape index (κ2) is 8.36. The summed E-state index contributed by atoms with van der Waals surface area (Å²) in [6, 6.07) is 15.3. The van der Waals surface area contributed by atoms with Crippen molar-refractivity contribution in [2.75, 3.05) is 12.9 Å². The van der Waals surface area contributed by atoms with E-state index < -0.39 is 16.0 Å². The first-order valence-electron chi connectivity index (χ1n) is 8.95. The molecule has 9 nitrogen and oxygen atoms in total. The molecule has 2 aliphatic heterocycles. The fourth-order valence-electron chi connectivity index (χ4n) is 2.71. The van der Waals surface area contributed by atoms with Gasteiger partial charge in [0.15, 0.2) is 5.84 Å². The zero-order valence-corrected chi connectivity index (χ0v) is 17.8. The van der Waals surface area contributed by atoms with Crippen molar-refractivity contribution in [3.05, 3.63) is 65.7 Å². The number of para-hydroxylation sites is 1. The van der Waals surface area contributed by atoms with Gasteiger partial charge in [-0.25, -0.2) is 0 Å². The van der Waals surface area contributed by atoms with Crippen molar-refractivity contribution < 1.29 is 22.1 Å². The number of hydrogen-bond donors (Lipinski definition) is 1. The van der Waals surface area contributed by atoms with Crippen molar-refractivity contribution in [3.8, 4) is 11.5 Å². The summed E-state index contributed by atoms with van der Waals surface area (Å²) in [6.45, 7) is 0.187. The molecule has 2 heterocycles. The number of aliphatic imine (C=N–C) groups is 1. The van der Waals surface area contributed by atoms with Crippen LogP contribution in [-0.4, -0.2) is 48.2 Å². The summed E-state index contributed by atoms with van der Waals surface area (Å²) in [6.07, 6.45) is 2.45. The monoisotopic (exact) mass is 456 g/mol. The largest absolute Gasteiger partial charge is 0.487 e. The van der Waals surface area contributed by atoms with E-state index in [1.54, 1.807) is 12.1 Å². The lowest BCUT2D eigenvalue weighted by molar-refractivity contribution is -0.114. The molecule has 1 N–H and O–H groups in total. The minimum Gasteiger partial charge on any atom is -0.487 e. The Morgan fingerprint density at radius 2 is 1.81 bits per heavy atom. The lowest BCUT2D eigenvalue weighted by Crippen LogP contribution is -2.35. The van der Waals surface area contributed by atoms with Gasteiger partial charge >= 0.3 is 10.1 Å². The Hall–Kier alpha value is -3.44. The van der Waals surface area contributed by atoms with E-state index in [0.29, 0.717) is 21.5 Å². The molecule has 1 amide bonds. The predicted octanol–water partition coefficient (Wildman–Crippen LogP) is 2.72. The minimum atomic E-state index is -3.63. The molecule has 0 aromatic heterocycles. The molecule has 0 aliphatic carbocycles. The number of hydrazone groups is 1.